The molecule has 1 rings (SSSR count). The third-order valence-corrected chi connectivity index (χ3v) is 2.20. The van der Waals surface area contributed by atoms with Crippen LogP contribution < -0.4 is 4.74 Å². The zero-order chi connectivity index (χ0) is 13.2. The Kier molecular flexibility index (Phi) is 3.82. The largest absolute Gasteiger partial charge is 0.482 e. The van der Waals surface area contributed by atoms with Gasteiger partial charge in [0, 0.05) is 6.07 Å². The van der Waals surface area contributed by atoms with Gasteiger partial charge >= 0.3 is 6.18 Å². The minimum absolute atomic E-state index is 0.0354. The second-order valence-corrected chi connectivity index (χ2v) is 3.59. The van der Waals surface area contributed by atoms with Crippen molar-refractivity contribution < 1.29 is 22.8 Å². The summed E-state index contributed by atoms with van der Waals surface area (Å²) >= 11 is 5.62. The van der Waals surface area contributed by atoms with Crippen molar-refractivity contribution in [3.63, 3.8) is 0 Å². The Morgan fingerprint density at radius 3 is 2.53 bits per heavy atom. The van der Waals surface area contributed by atoms with E-state index in [1.54, 1.807) is 0 Å². The summed E-state index contributed by atoms with van der Waals surface area (Å²) in [6.45, 7) is -0.273. The van der Waals surface area contributed by atoms with Crippen LogP contribution in [0.5, 0.6) is 5.75 Å². The second-order valence-electron chi connectivity index (χ2n) is 3.18. The lowest BCUT2D eigenvalue weighted by Gasteiger charge is -2.12. The van der Waals surface area contributed by atoms with E-state index in [0.29, 0.717) is 0 Å². The molecule has 0 atom stereocenters. The molecule has 1 aromatic carbocycles. The van der Waals surface area contributed by atoms with E-state index in [9.17, 15) is 23.3 Å². The van der Waals surface area contributed by atoms with Crippen LogP contribution in [0.3, 0.4) is 0 Å². The van der Waals surface area contributed by atoms with Gasteiger partial charge in [-0.15, -0.1) is 0 Å². The number of alkyl halides is 3. The zero-order valence-electron chi connectivity index (χ0n) is 8.55. The van der Waals surface area contributed by atoms with Gasteiger partial charge in [0.05, 0.1) is 15.5 Å². The molecule has 94 valence electrons. The average Bonchev–Trinajstić information content (AvgIpc) is 2.14. The first kappa shape index (κ1) is 13.6. The zero-order valence-corrected chi connectivity index (χ0v) is 9.30. The summed E-state index contributed by atoms with van der Waals surface area (Å²) in [7, 11) is 0. The summed E-state index contributed by atoms with van der Waals surface area (Å²) in [6.07, 6.45) is -4.53. The van der Waals surface area contributed by atoms with E-state index in [0.717, 1.165) is 12.1 Å². The van der Waals surface area contributed by atoms with Gasteiger partial charge in [0.2, 0.25) is 0 Å². The Morgan fingerprint density at radius 1 is 1.47 bits per heavy atom. The highest BCUT2D eigenvalue weighted by atomic mass is 35.5. The lowest BCUT2D eigenvalue weighted by atomic mass is 10.2. The van der Waals surface area contributed by atoms with Crippen molar-refractivity contribution in [3.8, 4) is 5.75 Å². The number of nitrogens with zero attached hydrogens (tertiary/aromatic N) is 1. The topological polar surface area (TPSA) is 52.4 Å². The van der Waals surface area contributed by atoms with Gasteiger partial charge in [-0.2, -0.15) is 13.2 Å². The minimum Gasteiger partial charge on any atom is -0.482 e. The second kappa shape index (κ2) is 4.79. The summed E-state index contributed by atoms with van der Waals surface area (Å²) in [5.41, 5.74) is -0.377. The molecule has 0 unspecified atom stereocenters. The summed E-state index contributed by atoms with van der Waals surface area (Å²) < 4.78 is 40.3. The SMILES string of the molecule is Cc1c([N+](=O)[O-])ccc(Cl)c1OCC(F)(F)F. The van der Waals surface area contributed by atoms with Crippen molar-refractivity contribution >= 4 is 17.3 Å². The van der Waals surface area contributed by atoms with E-state index >= 15 is 0 Å². The Labute approximate surface area is 99.1 Å². The number of benzene rings is 1. The molecule has 0 saturated carbocycles. The predicted molar refractivity (Wildman–Crippen MR) is 54.4 cm³/mol. The van der Waals surface area contributed by atoms with Gasteiger partial charge in [-0.05, 0) is 13.0 Å². The van der Waals surface area contributed by atoms with Crippen molar-refractivity contribution in [1.29, 1.82) is 0 Å². The number of hydrogen-bond acceptors (Lipinski definition) is 3. The summed E-state index contributed by atoms with van der Waals surface area (Å²) in [4.78, 5) is 9.85. The molecule has 0 spiro atoms. The summed E-state index contributed by atoms with van der Waals surface area (Å²) in [6, 6.07) is 2.23. The molecule has 1 aromatic rings. The molecule has 0 aliphatic heterocycles. The van der Waals surface area contributed by atoms with Gasteiger partial charge in [0.1, 0.15) is 5.75 Å². The van der Waals surface area contributed by atoms with E-state index in [4.69, 9.17) is 11.6 Å². The molecular formula is C9H7ClF3NO3. The van der Waals surface area contributed by atoms with Crippen LogP contribution in [-0.4, -0.2) is 17.7 Å². The molecule has 0 N–H and O–H groups in total. The monoisotopic (exact) mass is 269 g/mol. The van der Waals surface area contributed by atoms with Crippen LogP contribution in [0, 0.1) is 17.0 Å². The normalized spacial score (nSPS) is 11.4. The summed E-state index contributed by atoms with van der Waals surface area (Å²) in [5, 5.41) is 10.5. The van der Waals surface area contributed by atoms with E-state index in [1.165, 1.54) is 6.92 Å². The van der Waals surface area contributed by atoms with Crippen LogP contribution in [0.15, 0.2) is 12.1 Å². The van der Waals surface area contributed by atoms with Crippen molar-refractivity contribution in [3.05, 3.63) is 32.8 Å². The molecule has 0 radical (unpaired) electrons. The standard InChI is InChI=1S/C9H7ClF3NO3/c1-5-7(14(15)16)3-2-6(10)8(5)17-4-9(11,12)13/h2-3H,4H2,1H3. The van der Waals surface area contributed by atoms with Crippen LogP contribution >= 0.6 is 11.6 Å². The van der Waals surface area contributed by atoms with Gasteiger partial charge in [0.15, 0.2) is 6.61 Å². The molecule has 0 bridgehead atoms. The van der Waals surface area contributed by atoms with E-state index in [-0.39, 0.29) is 22.0 Å². The van der Waals surface area contributed by atoms with Crippen molar-refractivity contribution in [1.82, 2.24) is 0 Å². The Hall–Kier alpha value is -1.50. The molecule has 0 aliphatic carbocycles. The van der Waals surface area contributed by atoms with Gasteiger partial charge in [-0.3, -0.25) is 10.1 Å². The van der Waals surface area contributed by atoms with Crippen LogP contribution in [0.25, 0.3) is 0 Å². The van der Waals surface area contributed by atoms with Crippen LogP contribution in [0.4, 0.5) is 18.9 Å². The molecule has 0 saturated heterocycles. The first-order valence-corrected chi connectivity index (χ1v) is 4.73. The Morgan fingerprint density at radius 2 is 2.06 bits per heavy atom. The van der Waals surface area contributed by atoms with Gasteiger partial charge < -0.3 is 4.74 Å². The predicted octanol–water partition coefficient (Wildman–Crippen LogP) is 3.50. The number of halogens is 4. The fraction of sp³-hybridized carbons (Fsp3) is 0.333. The molecule has 4 nitrogen and oxygen atoms in total. The van der Waals surface area contributed by atoms with Crippen molar-refractivity contribution in [2.24, 2.45) is 0 Å². The maximum Gasteiger partial charge on any atom is 0.422 e. The molecule has 0 heterocycles. The highest BCUT2D eigenvalue weighted by molar-refractivity contribution is 6.32. The van der Waals surface area contributed by atoms with Crippen LogP contribution in [0.2, 0.25) is 5.02 Å². The molecule has 17 heavy (non-hydrogen) atoms. The molecule has 0 aromatic heterocycles. The molecule has 8 heteroatoms. The van der Waals surface area contributed by atoms with Gasteiger partial charge in [-0.25, -0.2) is 0 Å². The van der Waals surface area contributed by atoms with Crippen LogP contribution in [0.1, 0.15) is 5.56 Å². The van der Waals surface area contributed by atoms with Gasteiger partial charge in [-0.1, -0.05) is 11.6 Å². The number of ether oxygens (including phenoxy) is 1. The smallest absolute Gasteiger partial charge is 0.422 e. The van der Waals surface area contributed by atoms with Crippen molar-refractivity contribution in [2.75, 3.05) is 6.61 Å². The number of rotatable bonds is 3. The van der Waals surface area contributed by atoms with Crippen molar-refractivity contribution in [2.45, 2.75) is 13.1 Å². The maximum absolute atomic E-state index is 12.0. The Balaban J connectivity index is 3.06. The van der Waals surface area contributed by atoms with E-state index < -0.39 is 17.7 Å². The van der Waals surface area contributed by atoms with Crippen LogP contribution in [-0.2, 0) is 0 Å². The first-order valence-electron chi connectivity index (χ1n) is 4.35. The fourth-order valence-electron chi connectivity index (χ4n) is 1.18. The Bertz CT molecular complexity index is 448. The van der Waals surface area contributed by atoms with E-state index in [2.05, 4.69) is 4.74 Å². The minimum atomic E-state index is -4.53. The fourth-order valence-corrected chi connectivity index (χ4v) is 1.44. The highest BCUT2D eigenvalue weighted by Gasteiger charge is 2.30. The lowest BCUT2D eigenvalue weighted by molar-refractivity contribution is -0.385. The molecule has 0 aliphatic rings. The van der Waals surface area contributed by atoms with Gasteiger partial charge in [0.25, 0.3) is 5.69 Å². The third-order valence-electron chi connectivity index (χ3n) is 1.91. The molecular weight excluding hydrogens is 263 g/mol. The maximum atomic E-state index is 12.0. The molecule has 0 amide bonds. The number of hydrogen-bond donors (Lipinski definition) is 0. The average molecular weight is 270 g/mol. The lowest BCUT2D eigenvalue weighted by Crippen LogP contribution is -2.19. The van der Waals surface area contributed by atoms with E-state index in [1.807, 2.05) is 0 Å². The number of nitro benzene ring substituents is 1. The first-order chi connectivity index (χ1) is 7.72. The third kappa shape index (κ3) is 3.48. The molecule has 0 fully saturated rings. The number of nitro groups is 1. The summed E-state index contributed by atoms with van der Waals surface area (Å²) in [5.74, 6) is -0.321. The highest BCUT2D eigenvalue weighted by Crippen LogP contribution is 2.35. The quantitative estimate of drug-likeness (QED) is 0.623.